The molecule has 0 spiro atoms. The molecule has 1 aliphatic heterocycles. The van der Waals surface area contributed by atoms with Gasteiger partial charge in [-0.2, -0.15) is 10.5 Å². The Hall–Kier alpha value is -2.78. The minimum absolute atomic E-state index is 0.0708. The van der Waals surface area contributed by atoms with Crippen LogP contribution >= 0.6 is 34.7 Å². The SMILES string of the molecule is N#Cc1c(O)nc(SCc2csc(-c3ccc(Cl)cc3)n2)c(C#N)c1N1CCCCC1. The number of pyridine rings is 1. The first-order chi connectivity index (χ1) is 15.1. The molecule has 1 N–H and O–H groups in total. The summed E-state index contributed by atoms with van der Waals surface area (Å²) in [5.41, 5.74) is 2.76. The molecule has 1 aromatic carbocycles. The van der Waals surface area contributed by atoms with Crippen molar-refractivity contribution in [3.8, 4) is 28.6 Å². The van der Waals surface area contributed by atoms with Crippen LogP contribution in [0, 0.1) is 22.7 Å². The van der Waals surface area contributed by atoms with Crippen molar-refractivity contribution < 1.29 is 5.11 Å². The van der Waals surface area contributed by atoms with Crippen LogP contribution in [0.15, 0.2) is 34.7 Å². The van der Waals surface area contributed by atoms with E-state index in [1.165, 1.54) is 23.1 Å². The fraction of sp³-hybridized carbons (Fsp3) is 0.273. The summed E-state index contributed by atoms with van der Waals surface area (Å²) >= 11 is 8.83. The average molecular weight is 468 g/mol. The highest BCUT2D eigenvalue weighted by Crippen LogP contribution is 2.38. The summed E-state index contributed by atoms with van der Waals surface area (Å²) in [7, 11) is 0. The Morgan fingerprint density at radius 2 is 1.77 bits per heavy atom. The van der Waals surface area contributed by atoms with E-state index < -0.39 is 0 Å². The largest absolute Gasteiger partial charge is 0.492 e. The van der Waals surface area contributed by atoms with Crippen LogP contribution in [0.25, 0.3) is 10.6 Å². The quantitative estimate of drug-likeness (QED) is 0.488. The average Bonchev–Trinajstić information content (AvgIpc) is 3.27. The number of piperidine rings is 1. The molecule has 0 amide bonds. The van der Waals surface area contributed by atoms with E-state index in [1.54, 1.807) is 0 Å². The third kappa shape index (κ3) is 4.62. The molecule has 0 aliphatic carbocycles. The zero-order valence-corrected chi connectivity index (χ0v) is 18.9. The van der Waals surface area contributed by atoms with Crippen LogP contribution < -0.4 is 4.90 Å². The Morgan fingerprint density at radius 1 is 1.06 bits per heavy atom. The van der Waals surface area contributed by atoms with Gasteiger partial charge < -0.3 is 10.0 Å². The molecule has 156 valence electrons. The van der Waals surface area contributed by atoms with Gasteiger partial charge in [-0.1, -0.05) is 35.5 Å². The van der Waals surface area contributed by atoms with E-state index in [9.17, 15) is 15.6 Å². The van der Waals surface area contributed by atoms with Gasteiger partial charge in [0.15, 0.2) is 0 Å². The van der Waals surface area contributed by atoms with Crippen molar-refractivity contribution in [1.82, 2.24) is 9.97 Å². The van der Waals surface area contributed by atoms with Crippen molar-refractivity contribution in [3.63, 3.8) is 0 Å². The second-order valence-corrected chi connectivity index (χ2v) is 9.31. The molecule has 2 aromatic heterocycles. The van der Waals surface area contributed by atoms with E-state index in [4.69, 9.17) is 11.6 Å². The van der Waals surface area contributed by atoms with E-state index >= 15 is 0 Å². The summed E-state index contributed by atoms with van der Waals surface area (Å²) in [5.74, 6) is 0.168. The number of rotatable bonds is 5. The fourth-order valence-corrected chi connectivity index (χ4v) is 5.45. The van der Waals surface area contributed by atoms with Gasteiger partial charge in [-0.05, 0) is 31.4 Å². The number of benzene rings is 1. The number of nitrogens with zero attached hydrogens (tertiary/aromatic N) is 5. The Bertz CT molecular complexity index is 1170. The van der Waals surface area contributed by atoms with Gasteiger partial charge in [0.2, 0.25) is 5.88 Å². The normalized spacial score (nSPS) is 13.6. The van der Waals surface area contributed by atoms with Gasteiger partial charge in [0.25, 0.3) is 0 Å². The van der Waals surface area contributed by atoms with Gasteiger partial charge >= 0.3 is 0 Å². The minimum atomic E-state index is -0.329. The van der Waals surface area contributed by atoms with Crippen LogP contribution in [0.3, 0.4) is 0 Å². The molecule has 3 aromatic rings. The van der Waals surface area contributed by atoms with E-state index in [2.05, 4.69) is 16.0 Å². The second kappa shape index (κ2) is 9.57. The molecule has 1 aliphatic rings. The molecule has 4 rings (SSSR count). The first-order valence-corrected chi connectivity index (χ1v) is 12.0. The molecule has 6 nitrogen and oxygen atoms in total. The number of aromatic nitrogens is 2. The highest BCUT2D eigenvalue weighted by Gasteiger charge is 2.25. The van der Waals surface area contributed by atoms with Crippen molar-refractivity contribution in [3.05, 3.63) is 51.5 Å². The molecule has 0 unspecified atom stereocenters. The lowest BCUT2D eigenvalue weighted by Gasteiger charge is -2.30. The standard InChI is InChI=1S/C22H18ClN5OS2/c23-15-6-4-14(5-7-15)21-26-16(12-30-21)13-31-22-18(11-25)19(17(10-24)20(29)27-22)28-8-2-1-3-9-28/h4-7,12H,1-3,8-9,13H2,(H,27,29). The number of aromatic hydroxyl groups is 1. The third-order valence-electron chi connectivity index (χ3n) is 5.01. The lowest BCUT2D eigenvalue weighted by Crippen LogP contribution is -2.31. The first kappa shape index (κ1) is 21.5. The number of anilines is 1. The zero-order valence-electron chi connectivity index (χ0n) is 16.5. The van der Waals surface area contributed by atoms with Gasteiger partial charge in [0, 0.05) is 34.8 Å². The highest BCUT2D eigenvalue weighted by molar-refractivity contribution is 7.98. The topological polar surface area (TPSA) is 96.8 Å². The maximum absolute atomic E-state index is 10.4. The molecular weight excluding hydrogens is 450 g/mol. The minimum Gasteiger partial charge on any atom is -0.492 e. The summed E-state index contributed by atoms with van der Waals surface area (Å²) in [6, 6.07) is 11.8. The van der Waals surface area contributed by atoms with Gasteiger partial charge in [0.1, 0.15) is 33.3 Å². The lowest BCUT2D eigenvalue weighted by molar-refractivity contribution is 0.446. The van der Waals surface area contributed by atoms with Gasteiger partial charge in [-0.3, -0.25) is 0 Å². The van der Waals surface area contributed by atoms with Gasteiger partial charge in [-0.15, -0.1) is 11.3 Å². The molecule has 0 radical (unpaired) electrons. The van der Waals surface area contributed by atoms with Crippen molar-refractivity contribution in [2.24, 2.45) is 0 Å². The van der Waals surface area contributed by atoms with Crippen molar-refractivity contribution in [1.29, 1.82) is 10.5 Å². The smallest absolute Gasteiger partial charge is 0.232 e. The van der Waals surface area contributed by atoms with Gasteiger partial charge in [-0.25, -0.2) is 9.97 Å². The van der Waals surface area contributed by atoms with Crippen LogP contribution in [0.4, 0.5) is 5.69 Å². The monoisotopic (exact) mass is 467 g/mol. The number of thiazole rings is 1. The highest BCUT2D eigenvalue weighted by atomic mass is 35.5. The van der Waals surface area contributed by atoms with E-state index in [0.29, 0.717) is 27.1 Å². The molecule has 1 saturated heterocycles. The van der Waals surface area contributed by atoms with Crippen LogP contribution in [0.2, 0.25) is 5.02 Å². The van der Waals surface area contributed by atoms with Gasteiger partial charge in [0.05, 0.1) is 11.4 Å². The Balaban J connectivity index is 1.60. The molecule has 3 heterocycles. The maximum atomic E-state index is 10.4. The predicted molar refractivity (Wildman–Crippen MR) is 124 cm³/mol. The molecule has 0 atom stereocenters. The van der Waals surface area contributed by atoms with E-state index in [1.807, 2.05) is 40.6 Å². The number of hydrogen-bond donors (Lipinski definition) is 1. The first-order valence-electron chi connectivity index (χ1n) is 9.76. The Labute approximate surface area is 193 Å². The Morgan fingerprint density at radius 3 is 2.45 bits per heavy atom. The van der Waals surface area contributed by atoms with Crippen molar-refractivity contribution >= 4 is 40.4 Å². The summed E-state index contributed by atoms with van der Waals surface area (Å²) in [4.78, 5) is 10.9. The fourth-order valence-electron chi connectivity index (χ4n) is 3.52. The van der Waals surface area contributed by atoms with E-state index in [-0.39, 0.29) is 11.4 Å². The third-order valence-corrected chi connectivity index (χ3v) is 7.22. The summed E-state index contributed by atoms with van der Waals surface area (Å²) in [6.45, 7) is 1.51. The van der Waals surface area contributed by atoms with Crippen molar-refractivity contribution in [2.75, 3.05) is 18.0 Å². The summed E-state index contributed by atoms with van der Waals surface area (Å²) < 4.78 is 0. The molecule has 0 bridgehead atoms. The summed E-state index contributed by atoms with van der Waals surface area (Å²) in [5, 5.41) is 33.8. The van der Waals surface area contributed by atoms with Crippen LogP contribution in [0.5, 0.6) is 5.88 Å². The molecular formula is C22H18ClN5OS2. The van der Waals surface area contributed by atoms with Crippen LogP contribution in [-0.2, 0) is 5.75 Å². The number of thioether (sulfide) groups is 1. The van der Waals surface area contributed by atoms with Crippen LogP contribution in [-0.4, -0.2) is 28.2 Å². The second-order valence-electron chi connectivity index (χ2n) is 7.05. The predicted octanol–water partition coefficient (Wildman–Crippen LogP) is 5.59. The zero-order chi connectivity index (χ0) is 21.8. The molecule has 31 heavy (non-hydrogen) atoms. The molecule has 9 heteroatoms. The maximum Gasteiger partial charge on any atom is 0.232 e. The number of halogens is 1. The number of nitriles is 2. The lowest BCUT2D eigenvalue weighted by atomic mass is 10.1. The summed E-state index contributed by atoms with van der Waals surface area (Å²) in [6.07, 6.45) is 3.11. The van der Waals surface area contributed by atoms with E-state index in [0.717, 1.165) is 48.6 Å². The van der Waals surface area contributed by atoms with Crippen molar-refractivity contribution in [2.45, 2.75) is 30.0 Å². The van der Waals surface area contributed by atoms with Crippen LogP contribution in [0.1, 0.15) is 36.1 Å². The number of hydrogen-bond acceptors (Lipinski definition) is 8. The Kier molecular flexibility index (Phi) is 6.62. The molecule has 1 fully saturated rings. The molecule has 0 saturated carbocycles.